The third-order valence-corrected chi connectivity index (χ3v) is 8.57. The fraction of sp³-hybridized carbons (Fsp3) is 0.933. The number of carbonyl (C=O) groups is 3. The number of amides is 3. The van der Waals surface area contributed by atoms with E-state index in [1.807, 2.05) is 21.1 Å². The molecule has 428 valence electrons. The van der Waals surface area contributed by atoms with E-state index in [0.717, 1.165) is 19.6 Å². The highest BCUT2D eigenvalue weighted by atomic mass is 16.6. The van der Waals surface area contributed by atoms with Crippen LogP contribution in [0.25, 0.3) is 0 Å². The molecular weight excluding hydrogens is 961 g/mol. The van der Waals surface area contributed by atoms with Crippen molar-refractivity contribution in [2.24, 2.45) is 0 Å². The summed E-state index contributed by atoms with van der Waals surface area (Å²) < 4.78 is 97.5. The molecule has 0 atom stereocenters. The van der Waals surface area contributed by atoms with Gasteiger partial charge in [-0.3, -0.25) is 0 Å². The van der Waals surface area contributed by atoms with Crippen molar-refractivity contribution in [3.8, 4) is 0 Å². The van der Waals surface area contributed by atoms with E-state index in [0.29, 0.717) is 178 Å². The molecule has 72 heavy (non-hydrogen) atoms. The maximum atomic E-state index is 12.6. The van der Waals surface area contributed by atoms with E-state index in [-0.39, 0.29) is 39.5 Å². The first kappa shape index (κ1) is 69.1. The number of ether oxygens (including phenoxy) is 18. The van der Waals surface area contributed by atoms with Crippen LogP contribution in [0.5, 0.6) is 0 Å². The molecule has 0 aromatic heterocycles. The molecule has 0 saturated carbocycles. The largest absolute Gasteiger partial charge is 0.445 e. The summed E-state index contributed by atoms with van der Waals surface area (Å²) in [6.45, 7) is 14.8. The molecule has 6 N–H and O–H groups in total. The molecule has 0 fully saturated rings. The van der Waals surface area contributed by atoms with Crippen LogP contribution in [0.4, 0.5) is 14.4 Å². The van der Waals surface area contributed by atoms with Crippen LogP contribution < -0.4 is 31.9 Å². The summed E-state index contributed by atoms with van der Waals surface area (Å²) in [4.78, 5) is 37.3. The molecule has 0 radical (unpaired) electrons. The summed E-state index contributed by atoms with van der Waals surface area (Å²) in [6, 6.07) is 0. The quantitative estimate of drug-likeness (QED) is 0.0297. The minimum atomic E-state index is -1.14. The van der Waals surface area contributed by atoms with Crippen molar-refractivity contribution in [3.05, 3.63) is 0 Å². The summed E-state index contributed by atoms with van der Waals surface area (Å²) in [5.41, 5.74) is 0. The van der Waals surface area contributed by atoms with Crippen LogP contribution in [-0.4, -0.2) is 296 Å². The van der Waals surface area contributed by atoms with Gasteiger partial charge in [0.15, 0.2) is 6.10 Å². The molecule has 0 aliphatic carbocycles. The average molecular weight is 1050 g/mol. The lowest BCUT2D eigenvalue weighted by Gasteiger charge is -2.19. The summed E-state index contributed by atoms with van der Waals surface area (Å²) in [6.07, 6.45) is -3.55. The van der Waals surface area contributed by atoms with Gasteiger partial charge in [-0.15, -0.1) is 0 Å². The van der Waals surface area contributed by atoms with Gasteiger partial charge in [0.2, 0.25) is 0 Å². The highest BCUT2D eigenvalue weighted by molar-refractivity contribution is 5.69. The van der Waals surface area contributed by atoms with E-state index < -0.39 is 37.6 Å². The molecule has 0 bridgehead atoms. The van der Waals surface area contributed by atoms with E-state index >= 15 is 0 Å². The molecule has 0 aromatic carbocycles. The van der Waals surface area contributed by atoms with Crippen LogP contribution in [0.15, 0.2) is 0 Å². The lowest BCUT2D eigenvalue weighted by Crippen LogP contribution is -2.39. The Hall–Kier alpha value is -2.91. The number of rotatable bonds is 59. The van der Waals surface area contributed by atoms with Gasteiger partial charge in [0.05, 0.1) is 198 Å². The second-order valence-electron chi connectivity index (χ2n) is 14.5. The zero-order valence-corrected chi connectivity index (χ0v) is 43.5. The first-order valence-electron chi connectivity index (χ1n) is 24.9. The highest BCUT2D eigenvalue weighted by Crippen LogP contribution is 1.99. The van der Waals surface area contributed by atoms with E-state index in [9.17, 15) is 14.4 Å². The van der Waals surface area contributed by atoms with Crippen LogP contribution in [-0.2, 0) is 85.3 Å². The minimum Gasteiger partial charge on any atom is -0.445 e. The SMILES string of the molecule is CNCCOCCOCCOCCOCCOCCNC(=O)OCC(COC(=O)NCCOCCOCCOCCOCCOCCNC)OC(=O)NCCOCCOCCOCCOCCOCCNC. The van der Waals surface area contributed by atoms with Gasteiger partial charge < -0.3 is 117 Å². The summed E-state index contributed by atoms with van der Waals surface area (Å²) in [7, 11) is 5.61. The topological polar surface area (TPSA) is 290 Å². The van der Waals surface area contributed by atoms with Crippen molar-refractivity contribution < 1.29 is 99.6 Å². The first-order chi connectivity index (χ1) is 35.5. The molecule has 27 nitrogen and oxygen atoms in total. The fourth-order valence-corrected chi connectivity index (χ4v) is 4.89. The predicted octanol–water partition coefficient (Wildman–Crippen LogP) is -1.56. The number of hydrogen-bond acceptors (Lipinski definition) is 24. The van der Waals surface area contributed by atoms with Crippen LogP contribution >= 0.6 is 0 Å². The Morgan fingerprint density at radius 3 is 0.653 bits per heavy atom. The van der Waals surface area contributed by atoms with Crippen LogP contribution in [0.2, 0.25) is 0 Å². The number of nitrogens with one attached hydrogen (secondary N) is 6. The van der Waals surface area contributed by atoms with Gasteiger partial charge in [-0.25, -0.2) is 14.4 Å². The standard InChI is InChI=1S/C45H92N6O21/c1-46-4-10-55-16-22-61-28-34-67-37-31-64-25-19-58-13-7-49-43(52)70-40-42(72-45(54)51-9-15-60-21-27-66-33-39-69-36-30-63-24-18-57-12-6-48-3)41-71-44(53)50-8-14-59-20-26-65-32-38-68-35-29-62-23-17-56-11-5-47-2/h42,46-48H,4-41H2,1-3H3,(H,49,52)(H,50,53)(H,51,54). The Balaban J connectivity index is 4.28. The smallest absolute Gasteiger partial charge is 0.407 e. The summed E-state index contributed by atoms with van der Waals surface area (Å²) in [5.74, 6) is 0. The van der Waals surface area contributed by atoms with Gasteiger partial charge in [-0.05, 0) is 21.1 Å². The Labute approximate surface area is 427 Å². The summed E-state index contributed by atoms with van der Waals surface area (Å²) >= 11 is 0. The van der Waals surface area contributed by atoms with Crippen molar-refractivity contribution in [2.45, 2.75) is 6.10 Å². The van der Waals surface area contributed by atoms with Crippen molar-refractivity contribution in [2.75, 3.05) is 272 Å². The lowest BCUT2D eigenvalue weighted by atomic mass is 10.4. The molecule has 0 aliphatic rings. The zero-order chi connectivity index (χ0) is 52.2. The zero-order valence-electron chi connectivity index (χ0n) is 43.5. The minimum absolute atomic E-state index is 0.114. The maximum Gasteiger partial charge on any atom is 0.407 e. The number of likely N-dealkylation sites (N-methyl/N-ethyl adjacent to an activating group) is 3. The van der Waals surface area contributed by atoms with Crippen molar-refractivity contribution in [1.82, 2.24) is 31.9 Å². The van der Waals surface area contributed by atoms with Crippen molar-refractivity contribution in [1.29, 1.82) is 0 Å². The van der Waals surface area contributed by atoms with Gasteiger partial charge in [0.25, 0.3) is 0 Å². The van der Waals surface area contributed by atoms with Gasteiger partial charge >= 0.3 is 18.3 Å². The molecule has 0 aliphatic heterocycles. The van der Waals surface area contributed by atoms with E-state index in [1.54, 1.807) is 0 Å². The molecule has 0 saturated heterocycles. The van der Waals surface area contributed by atoms with E-state index in [4.69, 9.17) is 85.3 Å². The average Bonchev–Trinajstić information content (AvgIpc) is 3.38. The molecule has 0 unspecified atom stereocenters. The second-order valence-corrected chi connectivity index (χ2v) is 14.5. The van der Waals surface area contributed by atoms with Crippen LogP contribution in [0.1, 0.15) is 0 Å². The Morgan fingerprint density at radius 1 is 0.264 bits per heavy atom. The van der Waals surface area contributed by atoms with Gasteiger partial charge in [-0.1, -0.05) is 0 Å². The van der Waals surface area contributed by atoms with E-state index in [1.165, 1.54) is 0 Å². The molecule has 0 heterocycles. The monoisotopic (exact) mass is 1050 g/mol. The van der Waals surface area contributed by atoms with Crippen LogP contribution in [0.3, 0.4) is 0 Å². The lowest BCUT2D eigenvalue weighted by molar-refractivity contribution is -0.0115. The molecule has 0 spiro atoms. The molecular formula is C45H92N6O21. The Morgan fingerprint density at radius 2 is 0.444 bits per heavy atom. The van der Waals surface area contributed by atoms with Crippen molar-refractivity contribution >= 4 is 18.3 Å². The van der Waals surface area contributed by atoms with E-state index in [2.05, 4.69) is 31.9 Å². The Kier molecular flexibility index (Phi) is 58.2. The normalized spacial score (nSPS) is 11.3. The number of hydrogen-bond donors (Lipinski definition) is 6. The van der Waals surface area contributed by atoms with Gasteiger partial charge in [0.1, 0.15) is 13.2 Å². The number of alkyl carbamates (subject to hydrolysis) is 3. The number of carbonyl (C=O) groups excluding carboxylic acids is 3. The third kappa shape index (κ3) is 58.0. The van der Waals surface area contributed by atoms with Gasteiger partial charge in [0, 0.05) is 39.3 Å². The second kappa shape index (κ2) is 60.6. The fourth-order valence-electron chi connectivity index (χ4n) is 4.89. The first-order valence-corrected chi connectivity index (χ1v) is 24.9. The highest BCUT2D eigenvalue weighted by Gasteiger charge is 2.19. The molecule has 0 rings (SSSR count). The van der Waals surface area contributed by atoms with Crippen LogP contribution in [0, 0.1) is 0 Å². The van der Waals surface area contributed by atoms with Crippen molar-refractivity contribution in [3.63, 3.8) is 0 Å². The molecule has 3 amide bonds. The Bertz CT molecular complexity index is 1080. The van der Waals surface area contributed by atoms with Gasteiger partial charge in [-0.2, -0.15) is 0 Å². The maximum absolute atomic E-state index is 12.6. The predicted molar refractivity (Wildman–Crippen MR) is 261 cm³/mol. The molecule has 0 aromatic rings. The summed E-state index contributed by atoms with van der Waals surface area (Å²) in [5, 5.41) is 16.7. The molecule has 27 heteroatoms. The third-order valence-electron chi connectivity index (χ3n) is 8.57.